The Morgan fingerprint density at radius 3 is 2.47 bits per heavy atom. The Hall–Kier alpha value is -4.04. The van der Waals surface area contributed by atoms with Gasteiger partial charge in [0.15, 0.2) is 0 Å². The van der Waals surface area contributed by atoms with Crippen molar-refractivity contribution in [2.45, 2.75) is 63.6 Å². The third kappa shape index (κ3) is 6.34. The lowest BCUT2D eigenvalue weighted by molar-refractivity contribution is -0.189. The van der Waals surface area contributed by atoms with Crippen LogP contribution in [0.15, 0.2) is 78.9 Å². The molecule has 0 spiro atoms. The summed E-state index contributed by atoms with van der Waals surface area (Å²) in [5.74, 6) is 1.78. The second-order valence-corrected chi connectivity index (χ2v) is 12.3. The maximum absolute atomic E-state index is 14.0. The van der Waals surface area contributed by atoms with Crippen LogP contribution in [0.3, 0.4) is 0 Å². The largest absolute Gasteiger partial charge is 0.497 e. The first-order valence-electron chi connectivity index (χ1n) is 15.1. The second-order valence-electron chi connectivity index (χ2n) is 12.3. The average Bonchev–Trinajstić information content (AvgIpc) is 3.02. The molecule has 3 aliphatic rings. The van der Waals surface area contributed by atoms with E-state index in [1.165, 1.54) is 0 Å². The molecule has 43 heavy (non-hydrogen) atoms. The van der Waals surface area contributed by atoms with Gasteiger partial charge in [0.2, 0.25) is 5.91 Å². The number of hydrogen-bond acceptors (Lipinski definition) is 6. The SMILES string of the molecule is COc1ccc2c(c1)OC(C)(C)[C@H]1C[C@@H]3CN(C(=O)[C@H](Cc4ccccc4)NC(=O)OCc4ccccc4)CC[C@@H]3O[C@H]21. The van der Waals surface area contributed by atoms with Crippen molar-refractivity contribution < 1.29 is 28.5 Å². The lowest BCUT2D eigenvalue weighted by atomic mass is 9.70. The molecule has 0 aliphatic carbocycles. The molecule has 0 unspecified atom stereocenters. The van der Waals surface area contributed by atoms with Crippen LogP contribution in [-0.2, 0) is 27.3 Å². The number of fused-ring (bicyclic) bond motifs is 4. The van der Waals surface area contributed by atoms with Gasteiger partial charge in [0, 0.05) is 43.0 Å². The summed E-state index contributed by atoms with van der Waals surface area (Å²) in [6.45, 7) is 5.51. The van der Waals surface area contributed by atoms with Gasteiger partial charge in [-0.25, -0.2) is 4.79 Å². The molecule has 0 aromatic heterocycles. The predicted molar refractivity (Wildman–Crippen MR) is 162 cm³/mol. The zero-order valence-corrected chi connectivity index (χ0v) is 25.0. The van der Waals surface area contributed by atoms with Gasteiger partial charge in [-0.1, -0.05) is 60.7 Å². The number of carbonyl (C=O) groups is 2. The molecule has 2 saturated heterocycles. The molecule has 3 aromatic rings. The van der Waals surface area contributed by atoms with E-state index in [0.717, 1.165) is 41.0 Å². The summed E-state index contributed by atoms with van der Waals surface area (Å²) >= 11 is 0. The van der Waals surface area contributed by atoms with Crippen LogP contribution in [-0.4, -0.2) is 54.8 Å². The predicted octanol–water partition coefficient (Wildman–Crippen LogP) is 5.70. The number of likely N-dealkylation sites (tertiary alicyclic amines) is 1. The molecule has 0 saturated carbocycles. The van der Waals surface area contributed by atoms with E-state index >= 15 is 0 Å². The van der Waals surface area contributed by atoms with Crippen LogP contribution in [0.5, 0.6) is 11.5 Å². The summed E-state index contributed by atoms with van der Waals surface area (Å²) in [6.07, 6.45) is 1.38. The minimum Gasteiger partial charge on any atom is -0.497 e. The quantitative estimate of drug-likeness (QED) is 0.384. The van der Waals surface area contributed by atoms with E-state index in [1.807, 2.05) is 77.7 Å². The molecule has 0 radical (unpaired) electrons. The molecule has 0 bridgehead atoms. The highest BCUT2D eigenvalue weighted by Gasteiger charge is 2.52. The van der Waals surface area contributed by atoms with Gasteiger partial charge in [-0.2, -0.15) is 0 Å². The van der Waals surface area contributed by atoms with Gasteiger partial charge in [-0.3, -0.25) is 4.79 Å². The van der Waals surface area contributed by atoms with E-state index in [2.05, 4.69) is 25.2 Å². The van der Waals surface area contributed by atoms with Crippen LogP contribution in [0.4, 0.5) is 4.79 Å². The molecule has 2 fully saturated rings. The van der Waals surface area contributed by atoms with Gasteiger partial charge in [0.1, 0.15) is 29.7 Å². The van der Waals surface area contributed by atoms with E-state index in [-0.39, 0.29) is 36.6 Å². The van der Waals surface area contributed by atoms with E-state index in [1.54, 1.807) is 7.11 Å². The summed E-state index contributed by atoms with van der Waals surface area (Å²) < 4.78 is 24.2. The summed E-state index contributed by atoms with van der Waals surface area (Å²) in [6, 6.07) is 24.5. The lowest BCUT2D eigenvalue weighted by Gasteiger charge is -2.53. The van der Waals surface area contributed by atoms with E-state index in [9.17, 15) is 9.59 Å². The molecule has 2 amide bonds. The van der Waals surface area contributed by atoms with Crippen molar-refractivity contribution in [2.75, 3.05) is 20.2 Å². The number of carbonyl (C=O) groups excluding carboxylic acids is 2. The number of hydrogen-bond donors (Lipinski definition) is 1. The van der Waals surface area contributed by atoms with Crippen LogP contribution < -0.4 is 14.8 Å². The number of nitrogens with one attached hydrogen (secondary N) is 1. The van der Waals surface area contributed by atoms with E-state index in [0.29, 0.717) is 19.5 Å². The maximum atomic E-state index is 14.0. The molecule has 6 rings (SSSR count). The Kier molecular flexibility index (Phi) is 8.30. The van der Waals surface area contributed by atoms with Crippen molar-refractivity contribution in [1.29, 1.82) is 0 Å². The molecule has 1 N–H and O–H groups in total. The Morgan fingerprint density at radius 2 is 1.74 bits per heavy atom. The Labute approximate surface area is 253 Å². The van der Waals surface area contributed by atoms with Crippen molar-refractivity contribution in [3.05, 3.63) is 95.6 Å². The topological polar surface area (TPSA) is 86.3 Å². The fourth-order valence-electron chi connectivity index (χ4n) is 6.79. The number of benzene rings is 3. The zero-order valence-electron chi connectivity index (χ0n) is 25.0. The molecule has 8 nitrogen and oxygen atoms in total. The van der Waals surface area contributed by atoms with Gasteiger partial charge in [-0.05, 0) is 49.9 Å². The molecule has 3 heterocycles. The highest BCUT2D eigenvalue weighted by molar-refractivity contribution is 5.86. The first-order chi connectivity index (χ1) is 20.8. The molecular weight excluding hydrogens is 544 g/mol. The first kappa shape index (κ1) is 29.1. The molecule has 3 aromatic carbocycles. The third-order valence-corrected chi connectivity index (χ3v) is 9.10. The number of piperidine rings is 1. The minimum atomic E-state index is -0.740. The monoisotopic (exact) mass is 584 g/mol. The van der Waals surface area contributed by atoms with Crippen LogP contribution in [0.2, 0.25) is 0 Å². The summed E-state index contributed by atoms with van der Waals surface area (Å²) in [5.41, 5.74) is 2.47. The van der Waals surface area contributed by atoms with Crippen LogP contribution in [0.25, 0.3) is 0 Å². The highest BCUT2D eigenvalue weighted by atomic mass is 16.5. The van der Waals surface area contributed by atoms with Gasteiger partial charge in [0.05, 0.1) is 19.3 Å². The highest BCUT2D eigenvalue weighted by Crippen LogP contribution is 2.53. The number of methoxy groups -OCH3 is 1. The Balaban J connectivity index is 1.15. The molecule has 3 aliphatic heterocycles. The number of amides is 2. The Bertz CT molecular complexity index is 1430. The van der Waals surface area contributed by atoms with Gasteiger partial charge in [0.25, 0.3) is 0 Å². The van der Waals surface area contributed by atoms with Crippen molar-refractivity contribution in [2.24, 2.45) is 11.8 Å². The molecule has 5 atom stereocenters. The van der Waals surface area contributed by atoms with Crippen LogP contribution >= 0.6 is 0 Å². The average molecular weight is 585 g/mol. The van der Waals surface area contributed by atoms with Gasteiger partial charge < -0.3 is 29.2 Å². The summed E-state index contributed by atoms with van der Waals surface area (Å²) in [7, 11) is 1.66. The van der Waals surface area contributed by atoms with Crippen molar-refractivity contribution >= 4 is 12.0 Å². The maximum Gasteiger partial charge on any atom is 0.408 e. The molecular formula is C35H40N2O6. The van der Waals surface area contributed by atoms with Crippen molar-refractivity contribution in [1.82, 2.24) is 10.2 Å². The van der Waals surface area contributed by atoms with E-state index < -0.39 is 17.7 Å². The number of rotatable bonds is 7. The molecule has 226 valence electrons. The smallest absolute Gasteiger partial charge is 0.408 e. The minimum absolute atomic E-state index is 0.0468. The fourth-order valence-corrected chi connectivity index (χ4v) is 6.79. The van der Waals surface area contributed by atoms with Crippen molar-refractivity contribution in [3.63, 3.8) is 0 Å². The van der Waals surface area contributed by atoms with Gasteiger partial charge in [-0.15, -0.1) is 0 Å². The standard InChI is InChI=1S/C35H40N2O6/c1-35(2)28-19-25-21-37(17-16-30(25)42-32(28)27-15-14-26(40-3)20-31(27)43-35)33(38)29(18-23-10-6-4-7-11-23)36-34(39)41-22-24-12-8-5-9-13-24/h4-15,20,25,28-30,32H,16-19,21-22H2,1-3H3,(H,36,39)/t25-,28+,29+,30+,32-/m1/s1. The van der Waals surface area contributed by atoms with E-state index in [4.69, 9.17) is 18.9 Å². The van der Waals surface area contributed by atoms with Crippen LogP contribution in [0.1, 0.15) is 49.5 Å². The Morgan fingerprint density at radius 1 is 1.02 bits per heavy atom. The zero-order chi connectivity index (χ0) is 30.0. The summed E-state index contributed by atoms with van der Waals surface area (Å²) in [4.78, 5) is 28.7. The molecule has 8 heteroatoms. The van der Waals surface area contributed by atoms with Crippen molar-refractivity contribution in [3.8, 4) is 11.5 Å². The van der Waals surface area contributed by atoms with Gasteiger partial charge >= 0.3 is 6.09 Å². The number of alkyl carbamates (subject to hydrolysis) is 1. The summed E-state index contributed by atoms with van der Waals surface area (Å²) in [5, 5.41) is 2.87. The number of nitrogens with zero attached hydrogens (tertiary/aromatic N) is 1. The third-order valence-electron chi connectivity index (χ3n) is 9.10. The second kappa shape index (κ2) is 12.3. The first-order valence-corrected chi connectivity index (χ1v) is 15.1. The number of ether oxygens (including phenoxy) is 4. The fraction of sp³-hybridized carbons (Fsp3) is 0.429. The lowest BCUT2D eigenvalue weighted by Crippen LogP contribution is -2.58. The van der Waals surface area contributed by atoms with Crippen LogP contribution in [0, 0.1) is 11.8 Å². The normalized spacial score (nSPS) is 24.3.